The van der Waals surface area contributed by atoms with E-state index in [2.05, 4.69) is 5.32 Å². The lowest BCUT2D eigenvalue weighted by Crippen LogP contribution is -2.42. The van der Waals surface area contributed by atoms with E-state index in [1.54, 1.807) is 0 Å². The van der Waals surface area contributed by atoms with E-state index in [1.165, 1.54) is 0 Å². The molecule has 4 rings (SSSR count). The number of carbonyl (C=O) groups is 1. The zero-order valence-electron chi connectivity index (χ0n) is 15.1. The predicted molar refractivity (Wildman–Crippen MR) is 107 cm³/mol. The molecular formula is C24H23NO2. The molecule has 3 aromatic carbocycles. The third-order valence-electron chi connectivity index (χ3n) is 5.30. The molecule has 1 atom stereocenters. The van der Waals surface area contributed by atoms with Crippen molar-refractivity contribution < 1.29 is 9.90 Å². The number of carbonyl (C=O) groups excluding carboxylic acids is 1. The van der Waals surface area contributed by atoms with Gasteiger partial charge in [-0.15, -0.1) is 0 Å². The monoisotopic (exact) mass is 357 g/mol. The van der Waals surface area contributed by atoms with Crippen LogP contribution in [0.15, 0.2) is 84.9 Å². The Morgan fingerprint density at radius 1 is 0.852 bits per heavy atom. The first-order valence-electron chi connectivity index (χ1n) is 9.38. The van der Waals surface area contributed by atoms with E-state index in [1.807, 2.05) is 84.9 Å². The molecule has 0 aliphatic heterocycles. The predicted octanol–water partition coefficient (Wildman–Crippen LogP) is 4.38. The van der Waals surface area contributed by atoms with Gasteiger partial charge in [0.1, 0.15) is 5.60 Å². The SMILES string of the molecule is O=C(NCC(O)(c1ccccc1)C1CC1)c1ccc(-c2ccccc2)cc1. The molecule has 3 heteroatoms. The highest BCUT2D eigenvalue weighted by molar-refractivity contribution is 5.94. The highest BCUT2D eigenvalue weighted by Gasteiger charge is 2.45. The summed E-state index contributed by atoms with van der Waals surface area (Å²) in [7, 11) is 0. The Labute approximate surface area is 159 Å². The lowest BCUT2D eigenvalue weighted by atomic mass is 9.88. The molecule has 1 saturated carbocycles. The molecule has 1 aliphatic rings. The molecule has 1 aliphatic carbocycles. The van der Waals surface area contributed by atoms with Gasteiger partial charge >= 0.3 is 0 Å². The van der Waals surface area contributed by atoms with Crippen LogP contribution in [0.4, 0.5) is 0 Å². The molecule has 0 aromatic heterocycles. The molecule has 3 aromatic rings. The van der Waals surface area contributed by atoms with E-state index in [0.717, 1.165) is 29.5 Å². The molecule has 136 valence electrons. The number of rotatable bonds is 6. The number of hydrogen-bond acceptors (Lipinski definition) is 2. The average molecular weight is 357 g/mol. The van der Waals surface area contributed by atoms with E-state index in [9.17, 15) is 9.90 Å². The average Bonchev–Trinajstić information content (AvgIpc) is 3.59. The second-order valence-electron chi connectivity index (χ2n) is 7.19. The Balaban J connectivity index is 1.46. The van der Waals surface area contributed by atoms with Gasteiger partial charge in [-0.3, -0.25) is 4.79 Å². The van der Waals surface area contributed by atoms with Gasteiger partial charge in [0.05, 0.1) is 6.54 Å². The third kappa shape index (κ3) is 3.79. The molecule has 0 bridgehead atoms. The van der Waals surface area contributed by atoms with Gasteiger partial charge in [0.25, 0.3) is 5.91 Å². The molecule has 1 fully saturated rings. The van der Waals surface area contributed by atoms with Crippen molar-refractivity contribution in [3.05, 3.63) is 96.1 Å². The van der Waals surface area contributed by atoms with Crippen molar-refractivity contribution in [1.82, 2.24) is 5.32 Å². The van der Waals surface area contributed by atoms with Crippen molar-refractivity contribution in [2.75, 3.05) is 6.54 Å². The van der Waals surface area contributed by atoms with Gasteiger partial charge in [-0.2, -0.15) is 0 Å². The Bertz CT molecular complexity index is 902. The summed E-state index contributed by atoms with van der Waals surface area (Å²) in [6, 6.07) is 27.3. The molecule has 1 unspecified atom stereocenters. The summed E-state index contributed by atoms with van der Waals surface area (Å²) < 4.78 is 0. The number of aliphatic hydroxyl groups is 1. The zero-order chi connectivity index (χ0) is 18.7. The fourth-order valence-corrected chi connectivity index (χ4v) is 3.53. The largest absolute Gasteiger partial charge is 0.383 e. The lowest BCUT2D eigenvalue weighted by molar-refractivity contribution is 0.0135. The minimum absolute atomic E-state index is 0.162. The number of benzene rings is 3. The smallest absolute Gasteiger partial charge is 0.251 e. The highest BCUT2D eigenvalue weighted by Crippen LogP contribution is 2.45. The van der Waals surface area contributed by atoms with E-state index < -0.39 is 5.60 Å². The van der Waals surface area contributed by atoms with E-state index in [-0.39, 0.29) is 18.4 Å². The molecule has 0 saturated heterocycles. The maximum Gasteiger partial charge on any atom is 0.251 e. The standard InChI is InChI=1S/C24H23NO2/c26-23(20-13-11-19(12-14-20)18-7-3-1-4-8-18)25-17-24(27,22-15-16-22)21-9-5-2-6-10-21/h1-14,22,27H,15-17H2,(H,25,26). The van der Waals surface area contributed by atoms with Crippen molar-refractivity contribution in [3.63, 3.8) is 0 Å². The van der Waals surface area contributed by atoms with Crippen LogP contribution < -0.4 is 5.32 Å². The summed E-state index contributed by atoms with van der Waals surface area (Å²) in [5.74, 6) is 0.0466. The molecule has 0 heterocycles. The molecule has 1 amide bonds. The first-order valence-corrected chi connectivity index (χ1v) is 9.38. The van der Waals surface area contributed by atoms with Gasteiger partial charge in [-0.25, -0.2) is 0 Å². The summed E-state index contributed by atoms with van der Waals surface area (Å²) in [6.45, 7) is 0.223. The highest BCUT2D eigenvalue weighted by atomic mass is 16.3. The summed E-state index contributed by atoms with van der Waals surface area (Å²) in [4.78, 5) is 12.6. The fourth-order valence-electron chi connectivity index (χ4n) is 3.53. The third-order valence-corrected chi connectivity index (χ3v) is 5.30. The lowest BCUT2D eigenvalue weighted by Gasteiger charge is -2.29. The van der Waals surface area contributed by atoms with Crippen LogP contribution in [0, 0.1) is 5.92 Å². The Morgan fingerprint density at radius 2 is 1.41 bits per heavy atom. The van der Waals surface area contributed by atoms with Crippen molar-refractivity contribution in [2.24, 2.45) is 5.92 Å². The minimum atomic E-state index is -0.999. The summed E-state index contributed by atoms with van der Waals surface area (Å²) in [6.07, 6.45) is 1.99. The van der Waals surface area contributed by atoms with E-state index >= 15 is 0 Å². The number of nitrogens with one attached hydrogen (secondary N) is 1. The van der Waals surface area contributed by atoms with Crippen molar-refractivity contribution in [1.29, 1.82) is 0 Å². The van der Waals surface area contributed by atoms with Gasteiger partial charge in [-0.1, -0.05) is 72.8 Å². The maximum atomic E-state index is 12.6. The number of hydrogen-bond donors (Lipinski definition) is 2. The van der Waals surface area contributed by atoms with Crippen LogP contribution in [0.3, 0.4) is 0 Å². The zero-order valence-corrected chi connectivity index (χ0v) is 15.1. The van der Waals surface area contributed by atoms with Crippen LogP contribution in [0.5, 0.6) is 0 Å². The summed E-state index contributed by atoms with van der Waals surface area (Å²) >= 11 is 0. The van der Waals surface area contributed by atoms with Crippen molar-refractivity contribution >= 4 is 5.91 Å². The van der Waals surface area contributed by atoms with Gasteiger partial charge < -0.3 is 10.4 Å². The fraction of sp³-hybridized carbons (Fsp3) is 0.208. The number of amides is 1. The van der Waals surface area contributed by atoms with E-state index in [4.69, 9.17) is 0 Å². The minimum Gasteiger partial charge on any atom is -0.383 e. The van der Waals surface area contributed by atoms with Crippen molar-refractivity contribution in [3.8, 4) is 11.1 Å². The molecular weight excluding hydrogens is 334 g/mol. The Hall–Kier alpha value is -2.91. The molecule has 3 nitrogen and oxygen atoms in total. The van der Waals surface area contributed by atoms with Crippen LogP contribution >= 0.6 is 0 Å². The Morgan fingerprint density at radius 3 is 2.00 bits per heavy atom. The van der Waals surface area contributed by atoms with E-state index in [0.29, 0.717) is 5.56 Å². The van der Waals surface area contributed by atoms with Gasteiger partial charge in [0.2, 0.25) is 0 Å². The van der Waals surface area contributed by atoms with Crippen LogP contribution in [0.1, 0.15) is 28.8 Å². The first-order chi connectivity index (χ1) is 13.2. The molecule has 0 spiro atoms. The molecule has 0 radical (unpaired) electrons. The van der Waals surface area contributed by atoms with Crippen LogP contribution in [-0.2, 0) is 5.60 Å². The summed E-state index contributed by atoms with van der Waals surface area (Å²) in [5, 5.41) is 14.1. The second-order valence-corrected chi connectivity index (χ2v) is 7.19. The Kier molecular flexibility index (Phi) is 4.78. The second kappa shape index (κ2) is 7.37. The topological polar surface area (TPSA) is 49.3 Å². The first kappa shape index (κ1) is 17.5. The molecule has 27 heavy (non-hydrogen) atoms. The maximum absolute atomic E-state index is 12.6. The summed E-state index contributed by atoms with van der Waals surface area (Å²) in [5.41, 5.74) is 2.66. The van der Waals surface area contributed by atoms with Crippen molar-refractivity contribution in [2.45, 2.75) is 18.4 Å². The van der Waals surface area contributed by atoms with Crippen LogP contribution in [0.25, 0.3) is 11.1 Å². The van der Waals surface area contributed by atoms with Crippen LogP contribution in [0.2, 0.25) is 0 Å². The van der Waals surface area contributed by atoms with Gasteiger partial charge in [0.15, 0.2) is 0 Å². The van der Waals surface area contributed by atoms with Crippen LogP contribution in [-0.4, -0.2) is 17.6 Å². The molecule has 2 N–H and O–H groups in total. The van der Waals surface area contributed by atoms with Gasteiger partial charge in [0, 0.05) is 5.56 Å². The van der Waals surface area contributed by atoms with Gasteiger partial charge in [-0.05, 0) is 47.6 Å². The quantitative estimate of drug-likeness (QED) is 0.688. The normalized spacial score (nSPS) is 15.7.